The van der Waals surface area contributed by atoms with Crippen molar-refractivity contribution in [2.24, 2.45) is 0 Å². The molecule has 1 aromatic heterocycles. The van der Waals surface area contributed by atoms with E-state index in [1.54, 1.807) is 24.3 Å². The third-order valence-electron chi connectivity index (χ3n) is 4.60. The van der Waals surface area contributed by atoms with Gasteiger partial charge < -0.3 is 14.6 Å². The van der Waals surface area contributed by atoms with E-state index in [4.69, 9.17) is 10.00 Å². The molecule has 2 heterocycles. The van der Waals surface area contributed by atoms with Crippen molar-refractivity contribution >= 4 is 16.9 Å². The fourth-order valence-electron chi connectivity index (χ4n) is 3.28. The Labute approximate surface area is 151 Å². The smallest absolute Gasteiger partial charge is 0.251 e. The highest BCUT2D eigenvalue weighted by atomic mass is 16.5. The van der Waals surface area contributed by atoms with Gasteiger partial charge in [-0.3, -0.25) is 4.79 Å². The van der Waals surface area contributed by atoms with Crippen molar-refractivity contribution in [3.63, 3.8) is 0 Å². The molecular weight excluding hydrogens is 328 g/mol. The second-order valence-electron chi connectivity index (χ2n) is 6.46. The van der Waals surface area contributed by atoms with Crippen LogP contribution in [0.4, 0.5) is 0 Å². The first kappa shape index (κ1) is 16.3. The molecule has 0 radical (unpaired) electrons. The van der Waals surface area contributed by atoms with Crippen molar-refractivity contribution in [1.82, 2.24) is 14.9 Å². The maximum absolute atomic E-state index is 12.4. The largest absolute Gasteiger partial charge is 0.371 e. The normalized spacial score (nSPS) is 16.1. The van der Waals surface area contributed by atoms with Crippen molar-refractivity contribution in [3.8, 4) is 6.07 Å². The van der Waals surface area contributed by atoms with E-state index in [-0.39, 0.29) is 11.9 Å². The minimum Gasteiger partial charge on any atom is -0.371 e. The molecule has 0 saturated carbocycles. The van der Waals surface area contributed by atoms with Gasteiger partial charge >= 0.3 is 0 Å². The molecule has 6 nitrogen and oxygen atoms in total. The maximum atomic E-state index is 12.4. The van der Waals surface area contributed by atoms with Gasteiger partial charge in [0.2, 0.25) is 0 Å². The summed E-state index contributed by atoms with van der Waals surface area (Å²) in [5, 5.41) is 11.8. The summed E-state index contributed by atoms with van der Waals surface area (Å²) in [4.78, 5) is 17.0. The van der Waals surface area contributed by atoms with Gasteiger partial charge in [-0.15, -0.1) is 0 Å². The van der Waals surface area contributed by atoms with Gasteiger partial charge in [0.05, 0.1) is 35.3 Å². The minimum atomic E-state index is -0.165. The molecule has 0 saturated heterocycles. The molecule has 1 atom stereocenters. The molecule has 1 aliphatic rings. The molecule has 3 aromatic rings. The Balaban J connectivity index is 1.55. The van der Waals surface area contributed by atoms with E-state index in [9.17, 15) is 4.79 Å². The van der Waals surface area contributed by atoms with Crippen molar-refractivity contribution in [2.75, 3.05) is 13.2 Å². The zero-order valence-corrected chi connectivity index (χ0v) is 14.4. The van der Waals surface area contributed by atoms with Crippen LogP contribution in [0.2, 0.25) is 0 Å². The van der Waals surface area contributed by atoms with Crippen molar-refractivity contribution in [1.29, 1.82) is 5.26 Å². The molecule has 0 bridgehead atoms. The highest BCUT2D eigenvalue weighted by Gasteiger charge is 2.24. The van der Waals surface area contributed by atoms with Crippen molar-refractivity contribution < 1.29 is 9.53 Å². The monoisotopic (exact) mass is 346 g/mol. The van der Waals surface area contributed by atoms with Crippen LogP contribution in [0.25, 0.3) is 11.0 Å². The molecular formula is C20H18N4O2. The first-order chi connectivity index (χ1) is 12.7. The van der Waals surface area contributed by atoms with Crippen molar-refractivity contribution in [3.05, 3.63) is 65.0 Å². The van der Waals surface area contributed by atoms with Gasteiger partial charge in [0.15, 0.2) is 0 Å². The number of aromatic nitrogens is 2. The summed E-state index contributed by atoms with van der Waals surface area (Å²) in [7, 11) is 0. The first-order valence-electron chi connectivity index (χ1n) is 8.49. The topological polar surface area (TPSA) is 79.9 Å². The summed E-state index contributed by atoms with van der Waals surface area (Å²) >= 11 is 0. The molecule has 4 rings (SSSR count). The molecule has 1 N–H and O–H groups in total. The molecule has 2 aromatic carbocycles. The van der Waals surface area contributed by atoms with Crippen LogP contribution in [0, 0.1) is 18.3 Å². The number of carbonyl (C=O) groups excluding carboxylic acids is 1. The van der Waals surface area contributed by atoms with Crippen LogP contribution < -0.4 is 5.32 Å². The zero-order valence-electron chi connectivity index (χ0n) is 14.4. The highest BCUT2D eigenvalue weighted by molar-refractivity contribution is 5.94. The number of hydrogen-bond acceptors (Lipinski definition) is 4. The van der Waals surface area contributed by atoms with Crippen LogP contribution in [0.5, 0.6) is 0 Å². The van der Waals surface area contributed by atoms with E-state index in [1.807, 2.05) is 18.2 Å². The number of imidazole rings is 1. The highest BCUT2D eigenvalue weighted by Crippen LogP contribution is 2.26. The van der Waals surface area contributed by atoms with Gasteiger partial charge in [-0.1, -0.05) is 6.07 Å². The van der Waals surface area contributed by atoms with E-state index in [0.29, 0.717) is 30.9 Å². The van der Waals surface area contributed by atoms with Gasteiger partial charge in [-0.25, -0.2) is 4.98 Å². The van der Waals surface area contributed by atoms with E-state index in [1.165, 1.54) is 5.56 Å². The molecule has 0 aliphatic carbocycles. The maximum Gasteiger partial charge on any atom is 0.251 e. The third kappa shape index (κ3) is 2.93. The third-order valence-corrected chi connectivity index (χ3v) is 4.60. The Morgan fingerprint density at radius 1 is 1.35 bits per heavy atom. The summed E-state index contributed by atoms with van der Waals surface area (Å²) < 4.78 is 7.84. The Kier molecular flexibility index (Phi) is 4.15. The summed E-state index contributed by atoms with van der Waals surface area (Å²) in [6.45, 7) is 3.51. The standard InChI is InChI=1S/C20H18N4O2/c1-13-2-7-17-18(8-13)24-16(11-26-12-19(24)23-17)10-22-20(25)15-5-3-14(9-21)4-6-15/h2-8,16H,10-12H2,1H3,(H,22,25). The quantitative estimate of drug-likeness (QED) is 0.791. The second-order valence-corrected chi connectivity index (χ2v) is 6.46. The van der Waals surface area contributed by atoms with Crippen LogP contribution in [0.1, 0.15) is 33.4 Å². The molecule has 0 spiro atoms. The number of amides is 1. The minimum absolute atomic E-state index is 0.00659. The lowest BCUT2D eigenvalue weighted by molar-refractivity contribution is 0.0553. The number of benzene rings is 2. The average Bonchev–Trinajstić information content (AvgIpc) is 3.04. The van der Waals surface area contributed by atoms with Crippen LogP contribution >= 0.6 is 0 Å². The lowest BCUT2D eigenvalue weighted by Crippen LogP contribution is -2.35. The van der Waals surface area contributed by atoms with Gasteiger partial charge in [0, 0.05) is 12.1 Å². The van der Waals surface area contributed by atoms with Crippen LogP contribution in [-0.4, -0.2) is 28.6 Å². The summed E-state index contributed by atoms with van der Waals surface area (Å²) in [5.74, 6) is 0.719. The summed E-state index contributed by atoms with van der Waals surface area (Å²) in [6, 6.07) is 14.8. The molecule has 26 heavy (non-hydrogen) atoms. The van der Waals surface area contributed by atoms with E-state index in [0.717, 1.165) is 16.9 Å². The van der Waals surface area contributed by atoms with Crippen molar-refractivity contribution in [2.45, 2.75) is 19.6 Å². The fraction of sp³-hybridized carbons (Fsp3) is 0.250. The van der Waals surface area contributed by atoms with Crippen LogP contribution in [-0.2, 0) is 11.3 Å². The number of nitriles is 1. The number of ether oxygens (including phenoxy) is 1. The number of fused-ring (bicyclic) bond motifs is 3. The zero-order chi connectivity index (χ0) is 18.1. The van der Waals surface area contributed by atoms with Gasteiger partial charge in [-0.2, -0.15) is 5.26 Å². The summed E-state index contributed by atoms with van der Waals surface area (Å²) in [6.07, 6.45) is 0. The van der Waals surface area contributed by atoms with Gasteiger partial charge in [0.25, 0.3) is 5.91 Å². The lowest BCUT2D eigenvalue weighted by atomic mass is 10.1. The molecule has 1 aliphatic heterocycles. The number of carbonyl (C=O) groups is 1. The Bertz CT molecular complexity index is 1010. The number of rotatable bonds is 3. The number of hydrogen-bond donors (Lipinski definition) is 1. The number of aryl methyl sites for hydroxylation is 1. The van der Waals surface area contributed by atoms with Crippen LogP contribution in [0.3, 0.4) is 0 Å². The Morgan fingerprint density at radius 2 is 2.15 bits per heavy atom. The Morgan fingerprint density at radius 3 is 2.92 bits per heavy atom. The lowest BCUT2D eigenvalue weighted by Gasteiger charge is -2.26. The first-order valence-corrected chi connectivity index (χ1v) is 8.49. The van der Waals surface area contributed by atoms with Gasteiger partial charge in [-0.05, 0) is 48.9 Å². The molecule has 1 unspecified atom stereocenters. The molecule has 130 valence electrons. The van der Waals surface area contributed by atoms with E-state index < -0.39 is 0 Å². The van der Waals surface area contributed by atoms with E-state index >= 15 is 0 Å². The summed E-state index contributed by atoms with van der Waals surface area (Å²) in [5.41, 5.74) is 4.26. The fourth-order valence-corrected chi connectivity index (χ4v) is 3.28. The SMILES string of the molecule is Cc1ccc2nc3n(c2c1)C(CNC(=O)c1ccc(C#N)cc1)COC3. The number of nitrogens with one attached hydrogen (secondary N) is 1. The predicted octanol–water partition coefficient (Wildman–Crippen LogP) is 2.72. The molecule has 0 fully saturated rings. The van der Waals surface area contributed by atoms with Crippen LogP contribution in [0.15, 0.2) is 42.5 Å². The number of nitrogens with zero attached hydrogens (tertiary/aromatic N) is 3. The average molecular weight is 346 g/mol. The second kappa shape index (κ2) is 6.62. The van der Waals surface area contributed by atoms with E-state index in [2.05, 4.69) is 27.9 Å². The molecule has 6 heteroatoms. The Hall–Kier alpha value is -3.17. The molecule has 1 amide bonds. The van der Waals surface area contributed by atoms with Gasteiger partial charge in [0.1, 0.15) is 12.4 Å². The predicted molar refractivity (Wildman–Crippen MR) is 96.7 cm³/mol.